The number of benzene rings is 1. The maximum absolute atomic E-state index is 11.8. The van der Waals surface area contributed by atoms with Gasteiger partial charge in [-0.25, -0.2) is 4.79 Å². The molecule has 0 atom stereocenters. The number of urea groups is 1. The molecule has 1 aromatic carbocycles. The predicted molar refractivity (Wildman–Crippen MR) is 77.2 cm³/mol. The van der Waals surface area contributed by atoms with Crippen molar-refractivity contribution >= 4 is 11.9 Å². The second-order valence-electron chi connectivity index (χ2n) is 5.23. The molecule has 0 radical (unpaired) electrons. The zero-order valence-corrected chi connectivity index (χ0v) is 11.5. The van der Waals surface area contributed by atoms with E-state index < -0.39 is 5.91 Å². The van der Waals surface area contributed by atoms with Gasteiger partial charge in [-0.2, -0.15) is 0 Å². The molecule has 0 heterocycles. The van der Waals surface area contributed by atoms with Gasteiger partial charge in [0.2, 0.25) is 5.91 Å². The van der Waals surface area contributed by atoms with Crippen LogP contribution >= 0.6 is 0 Å². The molecular weight excluding hydrogens is 254 g/mol. The Balaban J connectivity index is 1.80. The molecule has 3 amide bonds. The highest BCUT2D eigenvalue weighted by atomic mass is 16.2. The van der Waals surface area contributed by atoms with Crippen LogP contribution in [0.2, 0.25) is 0 Å². The van der Waals surface area contributed by atoms with Gasteiger partial charge in [0, 0.05) is 18.2 Å². The first-order chi connectivity index (χ1) is 9.65. The van der Waals surface area contributed by atoms with Gasteiger partial charge in [0.1, 0.15) is 0 Å². The second-order valence-corrected chi connectivity index (χ2v) is 5.23. The summed E-state index contributed by atoms with van der Waals surface area (Å²) >= 11 is 0. The van der Waals surface area contributed by atoms with Gasteiger partial charge >= 0.3 is 6.03 Å². The standard InChI is InChI=1S/C15H21N3O2/c16-14(19)12-6-4-5-11(9-12)10-17-15(20)18-13-7-2-1-3-8-13/h4-6,9,13H,1-3,7-8,10H2,(H2,16,19)(H2,17,18,20). The van der Waals surface area contributed by atoms with Gasteiger partial charge in [0.15, 0.2) is 0 Å². The molecule has 0 unspecified atom stereocenters. The summed E-state index contributed by atoms with van der Waals surface area (Å²) < 4.78 is 0. The lowest BCUT2D eigenvalue weighted by atomic mass is 9.96. The summed E-state index contributed by atoms with van der Waals surface area (Å²) in [6.07, 6.45) is 5.76. The largest absolute Gasteiger partial charge is 0.366 e. The Kier molecular flexibility index (Phi) is 4.98. The zero-order chi connectivity index (χ0) is 14.4. The van der Waals surface area contributed by atoms with Crippen LogP contribution in [0.4, 0.5) is 4.79 Å². The topological polar surface area (TPSA) is 84.2 Å². The maximum Gasteiger partial charge on any atom is 0.315 e. The summed E-state index contributed by atoms with van der Waals surface area (Å²) in [6, 6.07) is 7.11. The molecular formula is C15H21N3O2. The average molecular weight is 275 g/mol. The molecule has 0 saturated heterocycles. The van der Waals surface area contributed by atoms with Crippen molar-refractivity contribution in [2.45, 2.75) is 44.7 Å². The molecule has 1 aromatic rings. The third-order valence-corrected chi connectivity index (χ3v) is 3.60. The van der Waals surface area contributed by atoms with Crippen molar-refractivity contribution in [3.63, 3.8) is 0 Å². The molecule has 108 valence electrons. The Morgan fingerprint density at radius 3 is 2.65 bits per heavy atom. The molecule has 1 aliphatic carbocycles. The Morgan fingerprint density at radius 2 is 1.95 bits per heavy atom. The van der Waals surface area contributed by atoms with E-state index in [4.69, 9.17) is 5.73 Å². The monoisotopic (exact) mass is 275 g/mol. The average Bonchev–Trinajstić information content (AvgIpc) is 2.46. The van der Waals surface area contributed by atoms with Crippen molar-refractivity contribution in [2.75, 3.05) is 0 Å². The molecule has 1 fully saturated rings. The third-order valence-electron chi connectivity index (χ3n) is 3.60. The first kappa shape index (κ1) is 14.4. The molecule has 20 heavy (non-hydrogen) atoms. The molecule has 0 aromatic heterocycles. The smallest absolute Gasteiger partial charge is 0.315 e. The van der Waals surface area contributed by atoms with Crippen LogP contribution in [0.25, 0.3) is 0 Å². The van der Waals surface area contributed by atoms with Gasteiger partial charge in [0.05, 0.1) is 0 Å². The van der Waals surface area contributed by atoms with Gasteiger partial charge in [0.25, 0.3) is 0 Å². The number of nitrogens with two attached hydrogens (primary N) is 1. The lowest BCUT2D eigenvalue weighted by Crippen LogP contribution is -2.42. The highest BCUT2D eigenvalue weighted by molar-refractivity contribution is 5.92. The predicted octanol–water partition coefficient (Wildman–Crippen LogP) is 1.92. The highest BCUT2D eigenvalue weighted by Crippen LogP contribution is 2.17. The summed E-state index contributed by atoms with van der Waals surface area (Å²) in [4.78, 5) is 22.9. The van der Waals surface area contributed by atoms with E-state index in [0.717, 1.165) is 18.4 Å². The molecule has 1 aliphatic rings. The van der Waals surface area contributed by atoms with E-state index in [-0.39, 0.29) is 6.03 Å². The van der Waals surface area contributed by atoms with Gasteiger partial charge in [-0.15, -0.1) is 0 Å². The highest BCUT2D eigenvalue weighted by Gasteiger charge is 2.15. The number of amides is 3. The summed E-state index contributed by atoms with van der Waals surface area (Å²) in [5.41, 5.74) is 6.54. The molecule has 5 nitrogen and oxygen atoms in total. The van der Waals surface area contributed by atoms with Crippen LogP contribution in [-0.2, 0) is 6.54 Å². The quantitative estimate of drug-likeness (QED) is 0.784. The molecule has 0 aliphatic heterocycles. The van der Waals surface area contributed by atoms with Crippen molar-refractivity contribution in [1.29, 1.82) is 0 Å². The van der Waals surface area contributed by atoms with Crippen LogP contribution < -0.4 is 16.4 Å². The minimum absolute atomic E-state index is 0.152. The fraction of sp³-hybridized carbons (Fsp3) is 0.467. The molecule has 0 bridgehead atoms. The first-order valence-corrected chi connectivity index (χ1v) is 7.08. The van der Waals surface area contributed by atoms with E-state index in [2.05, 4.69) is 10.6 Å². The van der Waals surface area contributed by atoms with Crippen LogP contribution in [0.3, 0.4) is 0 Å². The number of nitrogens with one attached hydrogen (secondary N) is 2. The zero-order valence-electron chi connectivity index (χ0n) is 11.5. The lowest BCUT2D eigenvalue weighted by molar-refractivity contribution is 0.1000. The van der Waals surface area contributed by atoms with Crippen LogP contribution in [0.5, 0.6) is 0 Å². The number of primary amides is 1. The van der Waals surface area contributed by atoms with E-state index in [1.807, 2.05) is 6.07 Å². The van der Waals surface area contributed by atoms with Gasteiger partial charge in [-0.05, 0) is 30.5 Å². The van der Waals surface area contributed by atoms with Crippen molar-refractivity contribution in [3.05, 3.63) is 35.4 Å². The lowest BCUT2D eigenvalue weighted by Gasteiger charge is -2.22. The molecule has 1 saturated carbocycles. The van der Waals surface area contributed by atoms with E-state index >= 15 is 0 Å². The molecule has 5 heteroatoms. The van der Waals surface area contributed by atoms with E-state index in [9.17, 15) is 9.59 Å². The van der Waals surface area contributed by atoms with Crippen LogP contribution in [0, 0.1) is 0 Å². The van der Waals surface area contributed by atoms with E-state index in [1.165, 1.54) is 19.3 Å². The summed E-state index contributed by atoms with van der Waals surface area (Å²) in [5, 5.41) is 5.80. The Bertz CT molecular complexity index is 482. The summed E-state index contributed by atoms with van der Waals surface area (Å²) in [5.74, 6) is -0.460. The van der Waals surface area contributed by atoms with Crippen LogP contribution in [-0.4, -0.2) is 18.0 Å². The Hall–Kier alpha value is -2.04. The third kappa shape index (κ3) is 4.26. The minimum atomic E-state index is -0.460. The number of carbonyl (C=O) groups is 2. The van der Waals surface area contributed by atoms with Crippen molar-refractivity contribution in [1.82, 2.24) is 10.6 Å². The van der Waals surface area contributed by atoms with Gasteiger partial charge in [-0.1, -0.05) is 31.4 Å². The van der Waals surface area contributed by atoms with Crippen molar-refractivity contribution < 1.29 is 9.59 Å². The second kappa shape index (κ2) is 6.93. The van der Waals surface area contributed by atoms with Gasteiger partial charge < -0.3 is 16.4 Å². The summed E-state index contributed by atoms with van der Waals surface area (Å²) in [7, 11) is 0. The number of rotatable bonds is 4. The fourth-order valence-corrected chi connectivity index (χ4v) is 2.50. The van der Waals surface area contributed by atoms with Crippen molar-refractivity contribution in [2.24, 2.45) is 5.73 Å². The van der Waals surface area contributed by atoms with Gasteiger partial charge in [-0.3, -0.25) is 4.79 Å². The number of carbonyl (C=O) groups excluding carboxylic acids is 2. The van der Waals surface area contributed by atoms with E-state index in [1.54, 1.807) is 18.2 Å². The molecule has 2 rings (SSSR count). The number of hydrogen-bond donors (Lipinski definition) is 3. The minimum Gasteiger partial charge on any atom is -0.366 e. The SMILES string of the molecule is NC(=O)c1cccc(CNC(=O)NC2CCCCC2)c1. The fourth-order valence-electron chi connectivity index (χ4n) is 2.50. The van der Waals surface area contributed by atoms with Crippen LogP contribution in [0.1, 0.15) is 48.0 Å². The Morgan fingerprint density at radius 1 is 1.20 bits per heavy atom. The number of hydrogen-bond acceptors (Lipinski definition) is 2. The van der Waals surface area contributed by atoms with E-state index in [0.29, 0.717) is 18.2 Å². The van der Waals surface area contributed by atoms with Crippen molar-refractivity contribution in [3.8, 4) is 0 Å². The molecule has 0 spiro atoms. The first-order valence-electron chi connectivity index (χ1n) is 7.08. The summed E-state index contributed by atoms with van der Waals surface area (Å²) in [6.45, 7) is 0.389. The Labute approximate surface area is 118 Å². The normalized spacial score (nSPS) is 15.6. The molecule has 4 N–H and O–H groups in total. The maximum atomic E-state index is 11.8. The van der Waals surface area contributed by atoms with Crippen LogP contribution in [0.15, 0.2) is 24.3 Å².